The Bertz CT molecular complexity index is 357. The van der Waals surface area contributed by atoms with Crippen LogP contribution >= 0.6 is 23.5 Å². The van der Waals surface area contributed by atoms with Crippen LogP contribution in [-0.2, 0) is 0 Å². The van der Waals surface area contributed by atoms with Crippen molar-refractivity contribution in [2.45, 2.75) is 43.6 Å². The molecule has 1 fully saturated rings. The van der Waals surface area contributed by atoms with Gasteiger partial charge in [0, 0.05) is 16.9 Å². The van der Waals surface area contributed by atoms with Crippen molar-refractivity contribution in [3.8, 4) is 0 Å². The maximum absolute atomic E-state index is 9.96. The zero-order valence-electron chi connectivity index (χ0n) is 10.8. The molecule has 3 aliphatic rings. The van der Waals surface area contributed by atoms with E-state index in [0.717, 1.165) is 0 Å². The van der Waals surface area contributed by atoms with Crippen LogP contribution in [0, 0.1) is 11.3 Å². The number of hydrogen-bond acceptors (Lipinski definition) is 3. The van der Waals surface area contributed by atoms with Gasteiger partial charge >= 0.3 is 0 Å². The molecule has 0 aromatic heterocycles. The molecule has 2 aliphatic carbocycles. The third-order valence-electron chi connectivity index (χ3n) is 5.11. The highest BCUT2D eigenvalue weighted by molar-refractivity contribution is 8.21. The van der Waals surface area contributed by atoms with E-state index >= 15 is 0 Å². The molecular formula is C14H22OS2. The van der Waals surface area contributed by atoms with Gasteiger partial charge in [0.2, 0.25) is 0 Å². The van der Waals surface area contributed by atoms with Crippen LogP contribution < -0.4 is 0 Å². The summed E-state index contributed by atoms with van der Waals surface area (Å²) in [6, 6.07) is 0. The molecule has 1 saturated heterocycles. The van der Waals surface area contributed by atoms with E-state index in [2.05, 4.69) is 37.4 Å². The summed E-state index contributed by atoms with van der Waals surface area (Å²) in [5.41, 5.74) is 3.40. The van der Waals surface area contributed by atoms with Gasteiger partial charge in [-0.25, -0.2) is 0 Å². The van der Waals surface area contributed by atoms with E-state index < -0.39 is 0 Å². The minimum atomic E-state index is 0.0500. The van der Waals surface area contributed by atoms with Crippen molar-refractivity contribution < 1.29 is 5.11 Å². The molecule has 0 amide bonds. The van der Waals surface area contributed by atoms with Crippen LogP contribution in [-0.4, -0.2) is 27.3 Å². The summed E-state index contributed by atoms with van der Waals surface area (Å²) in [6.45, 7) is 4.96. The number of rotatable bonds is 1. The Hall–Kier alpha value is 0.400. The number of aliphatic hydroxyl groups is 1. The van der Waals surface area contributed by atoms with Crippen LogP contribution in [0.5, 0.6) is 0 Å². The van der Waals surface area contributed by atoms with E-state index in [9.17, 15) is 5.11 Å². The van der Waals surface area contributed by atoms with Crippen LogP contribution in [0.1, 0.15) is 39.5 Å². The molecule has 1 heterocycles. The van der Waals surface area contributed by atoms with Gasteiger partial charge in [-0.3, -0.25) is 0 Å². The van der Waals surface area contributed by atoms with Crippen molar-refractivity contribution in [2.24, 2.45) is 11.3 Å². The van der Waals surface area contributed by atoms with Crippen LogP contribution in [0.15, 0.2) is 11.1 Å². The average Bonchev–Trinajstić information content (AvgIpc) is 2.94. The maximum atomic E-state index is 9.96. The summed E-state index contributed by atoms with van der Waals surface area (Å²) in [4.78, 5) is 0. The van der Waals surface area contributed by atoms with Crippen molar-refractivity contribution in [3.05, 3.63) is 11.1 Å². The molecule has 17 heavy (non-hydrogen) atoms. The molecule has 0 saturated carbocycles. The summed E-state index contributed by atoms with van der Waals surface area (Å²) in [7, 11) is 0. The first kappa shape index (κ1) is 12.4. The summed E-state index contributed by atoms with van der Waals surface area (Å²) >= 11 is 4.30. The van der Waals surface area contributed by atoms with Crippen molar-refractivity contribution in [2.75, 3.05) is 18.1 Å². The van der Waals surface area contributed by atoms with Crippen LogP contribution in [0.4, 0.5) is 0 Å². The average molecular weight is 270 g/mol. The van der Waals surface area contributed by atoms with Gasteiger partial charge in [0.25, 0.3) is 0 Å². The van der Waals surface area contributed by atoms with Crippen LogP contribution in [0.3, 0.4) is 0 Å². The lowest BCUT2D eigenvalue weighted by Gasteiger charge is -2.45. The summed E-state index contributed by atoms with van der Waals surface area (Å²) in [6.07, 6.45) is 5.16. The van der Waals surface area contributed by atoms with E-state index in [0.29, 0.717) is 16.6 Å². The first-order valence-electron chi connectivity index (χ1n) is 6.74. The third kappa shape index (κ3) is 1.65. The van der Waals surface area contributed by atoms with Crippen molar-refractivity contribution in [3.63, 3.8) is 0 Å². The smallest absolute Gasteiger partial charge is 0.0832 e. The lowest BCUT2D eigenvalue weighted by atomic mass is 9.65. The SMILES string of the molecule is CC1CCC2=C(C3(CC2)SCCS3)C1(C)CO. The lowest BCUT2D eigenvalue weighted by Crippen LogP contribution is -2.40. The molecule has 96 valence electrons. The van der Waals surface area contributed by atoms with E-state index in [1.54, 1.807) is 11.1 Å². The summed E-state index contributed by atoms with van der Waals surface area (Å²) in [5, 5.41) is 9.96. The normalized spacial score (nSPS) is 40.1. The highest BCUT2D eigenvalue weighted by Gasteiger charge is 2.54. The van der Waals surface area contributed by atoms with E-state index in [1.165, 1.54) is 37.2 Å². The third-order valence-corrected chi connectivity index (χ3v) is 8.64. The second-order valence-corrected chi connectivity index (χ2v) is 8.99. The van der Waals surface area contributed by atoms with Crippen LogP contribution in [0.25, 0.3) is 0 Å². The second-order valence-electron chi connectivity index (χ2n) is 5.94. The van der Waals surface area contributed by atoms with Gasteiger partial charge in [0.1, 0.15) is 0 Å². The van der Waals surface area contributed by atoms with E-state index in [4.69, 9.17) is 0 Å². The van der Waals surface area contributed by atoms with Gasteiger partial charge in [-0.2, -0.15) is 0 Å². The fraction of sp³-hybridized carbons (Fsp3) is 0.857. The number of thioether (sulfide) groups is 2. The molecule has 2 atom stereocenters. The molecule has 0 radical (unpaired) electrons. The fourth-order valence-electron chi connectivity index (χ4n) is 3.86. The molecule has 0 aromatic carbocycles. The van der Waals surface area contributed by atoms with E-state index in [1.807, 2.05) is 0 Å². The Morgan fingerprint density at radius 2 is 2.00 bits per heavy atom. The van der Waals surface area contributed by atoms with Gasteiger partial charge in [-0.1, -0.05) is 19.4 Å². The predicted molar refractivity (Wildman–Crippen MR) is 77.5 cm³/mol. The molecular weight excluding hydrogens is 248 g/mol. The maximum Gasteiger partial charge on any atom is 0.0832 e. The minimum Gasteiger partial charge on any atom is -0.395 e. The molecule has 1 N–H and O–H groups in total. The van der Waals surface area contributed by atoms with Gasteiger partial charge in [0.05, 0.1) is 10.7 Å². The molecule has 0 aromatic rings. The Kier molecular flexibility index (Phi) is 3.08. The topological polar surface area (TPSA) is 20.2 Å². The Morgan fingerprint density at radius 1 is 1.29 bits per heavy atom. The second kappa shape index (κ2) is 4.21. The van der Waals surface area contributed by atoms with Crippen molar-refractivity contribution in [1.29, 1.82) is 0 Å². The zero-order valence-corrected chi connectivity index (χ0v) is 12.4. The van der Waals surface area contributed by atoms with Crippen LogP contribution in [0.2, 0.25) is 0 Å². The predicted octanol–water partition coefficient (Wildman–Crippen LogP) is 3.68. The number of hydrogen-bond donors (Lipinski definition) is 1. The standard InChI is InChI=1S/C14H22OS2/c1-10-3-4-11-5-6-14(16-7-8-17-14)12(11)13(10,2)9-15/h10,15H,3-9H2,1-2H3. The number of aliphatic hydroxyl groups excluding tert-OH is 1. The van der Waals surface area contributed by atoms with Gasteiger partial charge in [-0.05, 0) is 37.2 Å². The molecule has 1 nitrogen and oxygen atoms in total. The summed E-state index contributed by atoms with van der Waals surface area (Å²) < 4.78 is 0.349. The van der Waals surface area contributed by atoms with Gasteiger partial charge in [-0.15, -0.1) is 23.5 Å². The molecule has 2 unspecified atom stereocenters. The highest BCUT2D eigenvalue weighted by Crippen LogP contribution is 2.65. The molecule has 3 rings (SSSR count). The fourth-order valence-corrected chi connectivity index (χ4v) is 7.55. The Balaban J connectivity index is 2.07. The first-order valence-corrected chi connectivity index (χ1v) is 8.71. The van der Waals surface area contributed by atoms with Crippen molar-refractivity contribution >= 4 is 23.5 Å². The number of fused-ring (bicyclic) bond motifs is 1. The summed E-state index contributed by atoms with van der Waals surface area (Å²) in [5.74, 6) is 3.21. The highest BCUT2D eigenvalue weighted by atomic mass is 32.2. The zero-order chi connectivity index (χ0) is 12.1. The lowest BCUT2D eigenvalue weighted by molar-refractivity contribution is 0.106. The largest absolute Gasteiger partial charge is 0.395 e. The van der Waals surface area contributed by atoms with E-state index in [-0.39, 0.29) is 5.41 Å². The van der Waals surface area contributed by atoms with Crippen molar-refractivity contribution in [1.82, 2.24) is 0 Å². The monoisotopic (exact) mass is 270 g/mol. The van der Waals surface area contributed by atoms with Gasteiger partial charge in [0.15, 0.2) is 0 Å². The van der Waals surface area contributed by atoms with Gasteiger partial charge < -0.3 is 5.11 Å². The molecule has 1 aliphatic heterocycles. The first-order chi connectivity index (χ1) is 8.12. The molecule has 3 heteroatoms. The minimum absolute atomic E-state index is 0.0500. The quantitative estimate of drug-likeness (QED) is 0.734. The number of allylic oxidation sites excluding steroid dienone is 1. The Morgan fingerprint density at radius 3 is 2.65 bits per heavy atom. The molecule has 0 bridgehead atoms. The Labute approximate surface area is 113 Å². The molecule has 1 spiro atoms.